The summed E-state index contributed by atoms with van der Waals surface area (Å²) >= 11 is 5.75. The van der Waals surface area contributed by atoms with Gasteiger partial charge in [-0.25, -0.2) is 0 Å². The zero-order valence-corrected chi connectivity index (χ0v) is 12.1. The lowest BCUT2D eigenvalue weighted by molar-refractivity contribution is -0.111. The standard InChI is InChI=1S/C16H12ClF2NO2/c17-12-4-6-13(7-5-12)20-15(21)10-3-11-1-8-14(9-2-11)22-16(18)19/h1-10,16H,(H,20,21)/b10-3+. The minimum atomic E-state index is -2.86. The summed E-state index contributed by atoms with van der Waals surface area (Å²) in [6.07, 6.45) is 2.91. The minimum absolute atomic E-state index is 0.0674. The molecule has 0 aliphatic rings. The monoisotopic (exact) mass is 323 g/mol. The highest BCUT2D eigenvalue weighted by Crippen LogP contribution is 2.16. The van der Waals surface area contributed by atoms with E-state index in [1.807, 2.05) is 0 Å². The summed E-state index contributed by atoms with van der Waals surface area (Å²) in [5, 5.41) is 3.25. The summed E-state index contributed by atoms with van der Waals surface area (Å²) in [5.74, 6) is -0.243. The highest BCUT2D eigenvalue weighted by atomic mass is 35.5. The largest absolute Gasteiger partial charge is 0.435 e. The van der Waals surface area contributed by atoms with Crippen molar-refractivity contribution in [3.8, 4) is 5.75 Å². The Balaban J connectivity index is 1.93. The Hall–Kier alpha value is -2.40. The van der Waals surface area contributed by atoms with E-state index in [4.69, 9.17) is 11.6 Å². The van der Waals surface area contributed by atoms with Crippen molar-refractivity contribution in [1.29, 1.82) is 0 Å². The van der Waals surface area contributed by atoms with E-state index in [-0.39, 0.29) is 11.7 Å². The Labute approximate surface area is 131 Å². The first-order valence-corrected chi connectivity index (χ1v) is 6.70. The number of anilines is 1. The molecule has 0 fully saturated rings. The van der Waals surface area contributed by atoms with Crippen LogP contribution in [-0.2, 0) is 4.79 Å². The molecule has 1 N–H and O–H groups in total. The fourth-order valence-electron chi connectivity index (χ4n) is 1.65. The molecule has 1 amide bonds. The van der Waals surface area contributed by atoms with Gasteiger partial charge in [-0.15, -0.1) is 0 Å². The van der Waals surface area contributed by atoms with Gasteiger partial charge in [0.05, 0.1) is 0 Å². The van der Waals surface area contributed by atoms with E-state index >= 15 is 0 Å². The summed E-state index contributed by atoms with van der Waals surface area (Å²) in [7, 11) is 0. The van der Waals surface area contributed by atoms with Crippen LogP contribution in [0.15, 0.2) is 54.6 Å². The fourth-order valence-corrected chi connectivity index (χ4v) is 1.78. The number of halogens is 3. The van der Waals surface area contributed by atoms with E-state index in [9.17, 15) is 13.6 Å². The van der Waals surface area contributed by atoms with Crippen molar-refractivity contribution in [3.63, 3.8) is 0 Å². The molecule has 2 aromatic carbocycles. The van der Waals surface area contributed by atoms with Crippen LogP contribution in [-0.4, -0.2) is 12.5 Å². The van der Waals surface area contributed by atoms with Crippen molar-refractivity contribution in [2.24, 2.45) is 0 Å². The second-order valence-corrected chi connectivity index (χ2v) is 4.71. The molecule has 0 atom stereocenters. The third-order valence-corrected chi connectivity index (χ3v) is 2.90. The number of alkyl halides is 2. The molecule has 2 rings (SSSR count). The summed E-state index contributed by atoms with van der Waals surface area (Å²) in [5.41, 5.74) is 1.31. The van der Waals surface area contributed by atoms with E-state index in [0.29, 0.717) is 16.3 Å². The van der Waals surface area contributed by atoms with Gasteiger partial charge in [-0.2, -0.15) is 8.78 Å². The number of hydrogen-bond acceptors (Lipinski definition) is 2. The topological polar surface area (TPSA) is 38.3 Å². The molecule has 0 unspecified atom stereocenters. The van der Waals surface area contributed by atoms with Crippen LogP contribution in [0.3, 0.4) is 0 Å². The van der Waals surface area contributed by atoms with Gasteiger partial charge in [-0.1, -0.05) is 23.7 Å². The highest BCUT2D eigenvalue weighted by Gasteiger charge is 2.03. The number of rotatable bonds is 5. The zero-order valence-electron chi connectivity index (χ0n) is 11.3. The summed E-state index contributed by atoms with van der Waals surface area (Å²) in [4.78, 5) is 11.7. The third-order valence-electron chi connectivity index (χ3n) is 2.64. The molecule has 0 bridgehead atoms. The van der Waals surface area contributed by atoms with E-state index in [1.54, 1.807) is 42.5 Å². The Bertz CT molecular complexity index is 655. The maximum Gasteiger partial charge on any atom is 0.387 e. The van der Waals surface area contributed by atoms with Gasteiger partial charge in [0.2, 0.25) is 5.91 Å². The minimum Gasteiger partial charge on any atom is -0.435 e. The van der Waals surface area contributed by atoms with Gasteiger partial charge in [0.1, 0.15) is 5.75 Å². The molecule has 0 saturated carbocycles. The van der Waals surface area contributed by atoms with Crippen molar-refractivity contribution in [2.75, 3.05) is 5.32 Å². The normalized spacial score (nSPS) is 10.9. The van der Waals surface area contributed by atoms with Crippen LogP contribution < -0.4 is 10.1 Å². The highest BCUT2D eigenvalue weighted by molar-refractivity contribution is 6.30. The lowest BCUT2D eigenvalue weighted by Gasteiger charge is -2.04. The molecule has 114 valence electrons. The molecule has 6 heteroatoms. The Morgan fingerprint density at radius 2 is 1.73 bits per heavy atom. The quantitative estimate of drug-likeness (QED) is 0.817. The Morgan fingerprint density at radius 1 is 1.09 bits per heavy atom. The molecule has 2 aromatic rings. The molecular formula is C16H12ClF2NO2. The molecule has 0 aliphatic carbocycles. The molecule has 3 nitrogen and oxygen atoms in total. The Kier molecular flexibility index (Phi) is 5.49. The summed E-state index contributed by atoms with van der Waals surface area (Å²) < 4.78 is 28.3. The second kappa shape index (κ2) is 7.56. The van der Waals surface area contributed by atoms with Gasteiger partial charge < -0.3 is 10.1 Å². The number of carbonyl (C=O) groups excluding carboxylic acids is 1. The summed E-state index contributed by atoms with van der Waals surface area (Å²) in [6.45, 7) is -2.86. The van der Waals surface area contributed by atoms with Crippen LogP contribution in [0.1, 0.15) is 5.56 Å². The van der Waals surface area contributed by atoms with Gasteiger partial charge in [-0.05, 0) is 48.0 Å². The number of carbonyl (C=O) groups is 1. The van der Waals surface area contributed by atoms with Crippen molar-refractivity contribution in [1.82, 2.24) is 0 Å². The lowest BCUT2D eigenvalue weighted by Crippen LogP contribution is -2.07. The lowest BCUT2D eigenvalue weighted by atomic mass is 10.2. The average Bonchev–Trinajstić information content (AvgIpc) is 2.48. The van der Waals surface area contributed by atoms with Gasteiger partial charge >= 0.3 is 6.61 Å². The average molecular weight is 324 g/mol. The van der Waals surface area contributed by atoms with Crippen molar-refractivity contribution >= 4 is 29.3 Å². The van der Waals surface area contributed by atoms with Crippen LogP contribution >= 0.6 is 11.6 Å². The van der Waals surface area contributed by atoms with Gasteiger partial charge in [0, 0.05) is 16.8 Å². The third kappa shape index (κ3) is 5.18. The van der Waals surface area contributed by atoms with Gasteiger partial charge in [-0.3, -0.25) is 4.79 Å². The molecular weight excluding hydrogens is 312 g/mol. The van der Waals surface area contributed by atoms with Gasteiger partial charge in [0.25, 0.3) is 0 Å². The number of amides is 1. The van der Waals surface area contributed by atoms with Crippen LogP contribution in [0.2, 0.25) is 5.02 Å². The fraction of sp³-hybridized carbons (Fsp3) is 0.0625. The number of benzene rings is 2. The van der Waals surface area contributed by atoms with E-state index in [0.717, 1.165) is 0 Å². The SMILES string of the molecule is O=C(/C=C/c1ccc(OC(F)F)cc1)Nc1ccc(Cl)cc1. The van der Waals surface area contributed by atoms with Crippen LogP contribution in [0, 0.1) is 0 Å². The number of hydrogen-bond donors (Lipinski definition) is 1. The molecule has 22 heavy (non-hydrogen) atoms. The zero-order chi connectivity index (χ0) is 15.9. The van der Waals surface area contributed by atoms with Crippen molar-refractivity contribution in [2.45, 2.75) is 6.61 Å². The molecule has 0 aliphatic heterocycles. The van der Waals surface area contributed by atoms with Gasteiger partial charge in [0.15, 0.2) is 0 Å². The maximum atomic E-state index is 12.0. The van der Waals surface area contributed by atoms with Crippen molar-refractivity contribution < 1.29 is 18.3 Å². The second-order valence-electron chi connectivity index (χ2n) is 4.28. The van der Waals surface area contributed by atoms with Crippen molar-refractivity contribution in [3.05, 3.63) is 65.2 Å². The molecule has 0 aromatic heterocycles. The predicted octanol–water partition coefficient (Wildman–Crippen LogP) is 4.59. The van der Waals surface area contributed by atoms with Crippen LogP contribution in [0.25, 0.3) is 6.08 Å². The van der Waals surface area contributed by atoms with E-state index in [2.05, 4.69) is 10.1 Å². The first-order valence-electron chi connectivity index (χ1n) is 6.32. The molecule has 0 radical (unpaired) electrons. The predicted molar refractivity (Wildman–Crippen MR) is 82.2 cm³/mol. The van der Waals surface area contributed by atoms with Crippen LogP contribution in [0.4, 0.5) is 14.5 Å². The molecule has 0 saturated heterocycles. The van der Waals surface area contributed by atoms with Crippen LogP contribution in [0.5, 0.6) is 5.75 Å². The van der Waals surface area contributed by atoms with E-state index in [1.165, 1.54) is 18.2 Å². The first-order chi connectivity index (χ1) is 10.5. The molecule has 0 heterocycles. The number of ether oxygens (including phenoxy) is 1. The van der Waals surface area contributed by atoms with E-state index < -0.39 is 6.61 Å². The maximum absolute atomic E-state index is 12.0. The number of nitrogens with one attached hydrogen (secondary N) is 1. The smallest absolute Gasteiger partial charge is 0.387 e. The summed E-state index contributed by atoms with van der Waals surface area (Å²) in [6, 6.07) is 12.7. The first kappa shape index (κ1) is 16.0. The molecule has 0 spiro atoms. The Morgan fingerprint density at radius 3 is 2.32 bits per heavy atom.